The number of benzene rings is 2. The van der Waals surface area contributed by atoms with Gasteiger partial charge in [-0.3, -0.25) is 4.79 Å². The Kier molecular flexibility index (Phi) is 2.95. The molecule has 19 heavy (non-hydrogen) atoms. The second kappa shape index (κ2) is 4.76. The number of hydrogen-bond acceptors (Lipinski definition) is 2. The van der Waals surface area contributed by atoms with Crippen molar-refractivity contribution in [1.82, 2.24) is 5.32 Å². The summed E-state index contributed by atoms with van der Waals surface area (Å²) in [6.45, 7) is 0. The highest BCUT2D eigenvalue weighted by atomic mass is 16.1. The van der Waals surface area contributed by atoms with E-state index in [1.54, 1.807) is 12.1 Å². The highest BCUT2D eigenvalue weighted by Crippen LogP contribution is 2.40. The van der Waals surface area contributed by atoms with Crippen molar-refractivity contribution in [2.45, 2.75) is 18.4 Å². The normalized spacial score (nSPS) is 20.8. The van der Waals surface area contributed by atoms with Crippen molar-refractivity contribution in [3.8, 4) is 0 Å². The van der Waals surface area contributed by atoms with E-state index in [9.17, 15) is 4.79 Å². The van der Waals surface area contributed by atoms with Crippen LogP contribution in [0.2, 0.25) is 0 Å². The molecule has 3 nitrogen and oxygen atoms in total. The van der Waals surface area contributed by atoms with Gasteiger partial charge in [-0.1, -0.05) is 42.5 Å². The first-order valence-electron chi connectivity index (χ1n) is 6.46. The summed E-state index contributed by atoms with van der Waals surface area (Å²) in [5, 5.41) is 3.04. The average Bonchev–Trinajstić information content (AvgIpc) is 3.19. The van der Waals surface area contributed by atoms with Gasteiger partial charge in [0, 0.05) is 17.6 Å². The largest absolute Gasteiger partial charge is 0.398 e. The number of nitrogens with one attached hydrogen (secondary N) is 1. The number of carbonyl (C=O) groups excluding carboxylic acids is 1. The third kappa shape index (κ3) is 2.45. The molecule has 3 N–H and O–H groups in total. The molecule has 2 atom stereocenters. The van der Waals surface area contributed by atoms with Gasteiger partial charge in [-0.05, 0) is 24.1 Å². The average molecular weight is 252 g/mol. The van der Waals surface area contributed by atoms with Gasteiger partial charge in [0.1, 0.15) is 0 Å². The van der Waals surface area contributed by atoms with E-state index in [2.05, 4.69) is 17.4 Å². The van der Waals surface area contributed by atoms with Crippen molar-refractivity contribution in [2.24, 2.45) is 0 Å². The van der Waals surface area contributed by atoms with Crippen molar-refractivity contribution in [2.75, 3.05) is 5.73 Å². The zero-order valence-corrected chi connectivity index (χ0v) is 10.5. The summed E-state index contributed by atoms with van der Waals surface area (Å²) < 4.78 is 0. The molecule has 1 amide bonds. The van der Waals surface area contributed by atoms with Gasteiger partial charge < -0.3 is 11.1 Å². The van der Waals surface area contributed by atoms with E-state index in [-0.39, 0.29) is 11.9 Å². The fraction of sp³-hybridized carbons (Fsp3) is 0.188. The summed E-state index contributed by atoms with van der Waals surface area (Å²) in [5.41, 5.74) is 8.17. The third-order valence-electron chi connectivity index (χ3n) is 3.54. The Morgan fingerprint density at radius 1 is 1.05 bits per heavy atom. The van der Waals surface area contributed by atoms with Crippen molar-refractivity contribution >= 4 is 11.6 Å². The van der Waals surface area contributed by atoms with E-state index in [1.165, 1.54) is 5.56 Å². The zero-order chi connectivity index (χ0) is 13.2. The van der Waals surface area contributed by atoms with Gasteiger partial charge in [0.2, 0.25) is 0 Å². The molecule has 2 aromatic carbocycles. The van der Waals surface area contributed by atoms with Crippen LogP contribution in [0.4, 0.5) is 5.69 Å². The molecule has 0 heterocycles. The lowest BCUT2D eigenvalue weighted by atomic mass is 10.1. The van der Waals surface area contributed by atoms with Crippen LogP contribution in [0.5, 0.6) is 0 Å². The molecule has 0 aromatic heterocycles. The summed E-state index contributed by atoms with van der Waals surface area (Å²) in [5.74, 6) is 0.358. The standard InChI is InChI=1S/C16H16N2O/c17-14-9-5-4-8-12(14)16(19)18-15-10-13(15)11-6-2-1-3-7-11/h1-9,13,15H,10,17H2,(H,18,19). The maximum absolute atomic E-state index is 12.1. The Balaban J connectivity index is 1.66. The van der Waals surface area contributed by atoms with Crippen LogP contribution in [0.25, 0.3) is 0 Å². The van der Waals surface area contributed by atoms with Gasteiger partial charge >= 0.3 is 0 Å². The Morgan fingerprint density at radius 2 is 1.74 bits per heavy atom. The van der Waals surface area contributed by atoms with Gasteiger partial charge in [0.15, 0.2) is 0 Å². The van der Waals surface area contributed by atoms with Gasteiger partial charge in [-0.2, -0.15) is 0 Å². The summed E-state index contributed by atoms with van der Waals surface area (Å²) in [6.07, 6.45) is 1.00. The topological polar surface area (TPSA) is 55.1 Å². The fourth-order valence-electron chi connectivity index (χ4n) is 2.37. The number of hydrogen-bond donors (Lipinski definition) is 2. The lowest BCUT2D eigenvalue weighted by Gasteiger charge is -2.07. The smallest absolute Gasteiger partial charge is 0.253 e. The van der Waals surface area contributed by atoms with Crippen LogP contribution >= 0.6 is 0 Å². The molecule has 0 bridgehead atoms. The van der Waals surface area contributed by atoms with E-state index >= 15 is 0 Å². The van der Waals surface area contributed by atoms with E-state index in [1.807, 2.05) is 30.3 Å². The Morgan fingerprint density at radius 3 is 2.47 bits per heavy atom. The molecule has 1 aliphatic carbocycles. The highest BCUT2D eigenvalue weighted by molar-refractivity contribution is 5.99. The van der Waals surface area contributed by atoms with Crippen molar-refractivity contribution < 1.29 is 4.79 Å². The monoisotopic (exact) mass is 252 g/mol. The number of carbonyl (C=O) groups is 1. The van der Waals surface area contributed by atoms with Gasteiger partial charge in [0.05, 0.1) is 5.56 Å². The minimum Gasteiger partial charge on any atom is -0.398 e. The molecule has 96 valence electrons. The summed E-state index contributed by atoms with van der Waals surface area (Å²) in [6, 6.07) is 17.7. The molecule has 3 rings (SSSR count). The predicted molar refractivity (Wildman–Crippen MR) is 75.9 cm³/mol. The number of rotatable bonds is 3. The highest BCUT2D eigenvalue weighted by Gasteiger charge is 2.39. The van der Waals surface area contributed by atoms with Crippen molar-refractivity contribution in [1.29, 1.82) is 0 Å². The molecular formula is C16H16N2O. The zero-order valence-electron chi connectivity index (χ0n) is 10.5. The molecule has 2 aromatic rings. The van der Waals surface area contributed by atoms with Crippen LogP contribution in [0.3, 0.4) is 0 Å². The number of anilines is 1. The van der Waals surface area contributed by atoms with E-state index in [4.69, 9.17) is 5.73 Å². The molecule has 0 saturated heterocycles. The molecule has 0 radical (unpaired) electrons. The lowest BCUT2D eigenvalue weighted by Crippen LogP contribution is -2.27. The third-order valence-corrected chi connectivity index (χ3v) is 3.54. The van der Waals surface area contributed by atoms with Crippen molar-refractivity contribution in [3.05, 3.63) is 65.7 Å². The van der Waals surface area contributed by atoms with E-state index in [0.717, 1.165) is 6.42 Å². The van der Waals surface area contributed by atoms with Crippen LogP contribution in [0.15, 0.2) is 54.6 Å². The number of nitrogen functional groups attached to an aromatic ring is 1. The summed E-state index contributed by atoms with van der Waals surface area (Å²) >= 11 is 0. The quantitative estimate of drug-likeness (QED) is 0.825. The molecule has 0 spiro atoms. The SMILES string of the molecule is Nc1ccccc1C(=O)NC1CC1c1ccccc1. The molecular weight excluding hydrogens is 236 g/mol. The van der Waals surface area contributed by atoms with E-state index in [0.29, 0.717) is 17.2 Å². The maximum atomic E-state index is 12.1. The summed E-state index contributed by atoms with van der Waals surface area (Å²) in [7, 11) is 0. The fourth-order valence-corrected chi connectivity index (χ4v) is 2.37. The number of para-hydroxylation sites is 1. The first-order valence-corrected chi connectivity index (χ1v) is 6.46. The number of nitrogens with two attached hydrogens (primary N) is 1. The van der Waals surface area contributed by atoms with Crippen molar-refractivity contribution in [3.63, 3.8) is 0 Å². The molecule has 1 aliphatic rings. The maximum Gasteiger partial charge on any atom is 0.253 e. The first kappa shape index (κ1) is 11.8. The van der Waals surface area contributed by atoms with Crippen LogP contribution in [0, 0.1) is 0 Å². The molecule has 1 saturated carbocycles. The molecule has 3 heteroatoms. The van der Waals surface area contributed by atoms with Crippen LogP contribution in [0.1, 0.15) is 28.3 Å². The Labute approximate surface area is 112 Å². The van der Waals surface area contributed by atoms with Gasteiger partial charge in [0.25, 0.3) is 5.91 Å². The Bertz CT molecular complexity index is 595. The van der Waals surface area contributed by atoms with Crippen LogP contribution < -0.4 is 11.1 Å². The lowest BCUT2D eigenvalue weighted by molar-refractivity contribution is 0.0951. The minimum absolute atomic E-state index is 0.0819. The predicted octanol–water partition coefficient (Wildman–Crippen LogP) is 2.55. The molecule has 2 unspecified atom stereocenters. The van der Waals surface area contributed by atoms with Crippen LogP contribution in [-0.2, 0) is 0 Å². The second-order valence-corrected chi connectivity index (χ2v) is 4.92. The molecule has 0 aliphatic heterocycles. The summed E-state index contributed by atoms with van der Waals surface area (Å²) in [4.78, 5) is 12.1. The van der Waals surface area contributed by atoms with Crippen LogP contribution in [-0.4, -0.2) is 11.9 Å². The van der Waals surface area contributed by atoms with E-state index < -0.39 is 0 Å². The first-order chi connectivity index (χ1) is 9.25. The second-order valence-electron chi connectivity index (χ2n) is 4.92. The Hall–Kier alpha value is -2.29. The number of amides is 1. The van der Waals surface area contributed by atoms with Gasteiger partial charge in [-0.15, -0.1) is 0 Å². The van der Waals surface area contributed by atoms with Gasteiger partial charge in [-0.25, -0.2) is 0 Å². The molecule has 1 fully saturated rings. The minimum atomic E-state index is -0.0819.